The van der Waals surface area contributed by atoms with E-state index in [1.165, 1.54) is 0 Å². The van der Waals surface area contributed by atoms with Crippen LogP contribution in [-0.2, 0) is 9.59 Å². The molecule has 1 saturated heterocycles. The standard InChI is InChI=1S/C20H19F2N5O2/c21-15-3-4-16(22)17(10-15)26-20(29)19(28)25-12-13-5-8-27(9-6-13)18-14(11-23)2-1-7-24-18/h1-4,7,10,13H,5-6,8-9,12H2,(H,25,28)(H,26,29). The van der Waals surface area contributed by atoms with E-state index in [4.69, 9.17) is 0 Å². The van der Waals surface area contributed by atoms with Gasteiger partial charge in [0.05, 0.1) is 11.3 Å². The van der Waals surface area contributed by atoms with Gasteiger partial charge in [0.15, 0.2) is 0 Å². The summed E-state index contributed by atoms with van der Waals surface area (Å²) in [5.41, 5.74) is 0.127. The van der Waals surface area contributed by atoms with Crippen molar-refractivity contribution in [2.75, 3.05) is 29.9 Å². The number of carbonyl (C=O) groups is 2. The van der Waals surface area contributed by atoms with Crippen molar-refractivity contribution in [3.63, 3.8) is 0 Å². The average molecular weight is 399 g/mol. The zero-order chi connectivity index (χ0) is 20.8. The second-order valence-electron chi connectivity index (χ2n) is 6.71. The molecule has 0 radical (unpaired) electrons. The molecule has 1 aliphatic heterocycles. The van der Waals surface area contributed by atoms with Gasteiger partial charge in [0, 0.05) is 31.9 Å². The third-order valence-corrected chi connectivity index (χ3v) is 4.76. The number of pyridine rings is 1. The van der Waals surface area contributed by atoms with Gasteiger partial charge >= 0.3 is 11.8 Å². The first-order valence-electron chi connectivity index (χ1n) is 9.12. The summed E-state index contributed by atoms with van der Waals surface area (Å²) in [4.78, 5) is 30.2. The Hall–Kier alpha value is -3.54. The lowest BCUT2D eigenvalue weighted by Crippen LogP contribution is -2.42. The quantitative estimate of drug-likeness (QED) is 0.768. The second kappa shape index (κ2) is 9.10. The molecule has 0 atom stereocenters. The van der Waals surface area contributed by atoms with E-state index in [0.29, 0.717) is 31.0 Å². The van der Waals surface area contributed by atoms with Crippen molar-refractivity contribution in [3.05, 3.63) is 53.7 Å². The maximum Gasteiger partial charge on any atom is 0.313 e. The van der Waals surface area contributed by atoms with Gasteiger partial charge < -0.3 is 15.5 Å². The molecule has 0 aliphatic carbocycles. The summed E-state index contributed by atoms with van der Waals surface area (Å²) in [6, 6.07) is 8.16. The number of piperidine rings is 1. The molecule has 2 N–H and O–H groups in total. The molecule has 29 heavy (non-hydrogen) atoms. The van der Waals surface area contributed by atoms with Gasteiger partial charge in [-0.05, 0) is 43.0 Å². The minimum absolute atomic E-state index is 0.156. The number of hydrogen-bond acceptors (Lipinski definition) is 5. The lowest BCUT2D eigenvalue weighted by atomic mass is 9.96. The topological polar surface area (TPSA) is 98.1 Å². The first-order chi connectivity index (χ1) is 14.0. The summed E-state index contributed by atoms with van der Waals surface area (Å²) in [6.07, 6.45) is 3.15. The maximum atomic E-state index is 13.6. The van der Waals surface area contributed by atoms with Crippen LogP contribution in [-0.4, -0.2) is 36.4 Å². The Morgan fingerprint density at radius 2 is 1.97 bits per heavy atom. The summed E-state index contributed by atoms with van der Waals surface area (Å²) < 4.78 is 26.7. The Morgan fingerprint density at radius 1 is 1.21 bits per heavy atom. The number of halogens is 2. The number of nitriles is 1. The van der Waals surface area contributed by atoms with E-state index in [-0.39, 0.29) is 11.6 Å². The van der Waals surface area contributed by atoms with Gasteiger partial charge in [0.1, 0.15) is 23.5 Å². The van der Waals surface area contributed by atoms with Crippen molar-refractivity contribution >= 4 is 23.3 Å². The Morgan fingerprint density at radius 3 is 2.69 bits per heavy atom. The fourth-order valence-corrected chi connectivity index (χ4v) is 3.17. The molecule has 150 valence electrons. The lowest BCUT2D eigenvalue weighted by molar-refractivity contribution is -0.136. The molecule has 1 aliphatic rings. The van der Waals surface area contributed by atoms with Crippen LogP contribution in [0.25, 0.3) is 0 Å². The predicted molar refractivity (Wildman–Crippen MR) is 102 cm³/mol. The smallest absolute Gasteiger partial charge is 0.313 e. The Bertz CT molecular complexity index is 952. The van der Waals surface area contributed by atoms with Gasteiger partial charge in [-0.1, -0.05) is 0 Å². The van der Waals surface area contributed by atoms with Crippen LogP contribution >= 0.6 is 0 Å². The minimum atomic E-state index is -1.06. The third-order valence-electron chi connectivity index (χ3n) is 4.76. The van der Waals surface area contributed by atoms with Gasteiger partial charge in [-0.3, -0.25) is 9.59 Å². The van der Waals surface area contributed by atoms with E-state index in [2.05, 4.69) is 21.7 Å². The highest BCUT2D eigenvalue weighted by Gasteiger charge is 2.23. The van der Waals surface area contributed by atoms with Crippen LogP contribution < -0.4 is 15.5 Å². The summed E-state index contributed by atoms with van der Waals surface area (Å²) in [5.74, 6) is -2.71. The number of nitrogens with zero attached hydrogens (tertiary/aromatic N) is 3. The molecule has 2 aromatic rings. The second-order valence-corrected chi connectivity index (χ2v) is 6.71. The molecule has 2 heterocycles. The molecule has 9 heteroatoms. The predicted octanol–water partition coefficient (Wildman–Crippen LogP) is 2.20. The van der Waals surface area contributed by atoms with E-state index in [0.717, 1.165) is 31.0 Å². The molecular formula is C20H19F2N5O2. The monoisotopic (exact) mass is 399 g/mol. The average Bonchev–Trinajstić information content (AvgIpc) is 2.74. The summed E-state index contributed by atoms with van der Waals surface area (Å²) in [6.45, 7) is 1.64. The highest BCUT2D eigenvalue weighted by Crippen LogP contribution is 2.23. The van der Waals surface area contributed by atoms with Crippen LogP contribution in [0.15, 0.2) is 36.5 Å². The zero-order valence-corrected chi connectivity index (χ0v) is 15.5. The highest BCUT2D eigenvalue weighted by atomic mass is 19.1. The first kappa shape index (κ1) is 20.2. The van der Waals surface area contributed by atoms with Crippen LogP contribution in [0.4, 0.5) is 20.3 Å². The zero-order valence-electron chi connectivity index (χ0n) is 15.5. The van der Waals surface area contributed by atoms with E-state index >= 15 is 0 Å². The van der Waals surface area contributed by atoms with Gasteiger partial charge in [0.25, 0.3) is 0 Å². The Balaban J connectivity index is 1.47. The van der Waals surface area contributed by atoms with Crippen LogP contribution in [0.1, 0.15) is 18.4 Å². The van der Waals surface area contributed by atoms with E-state index in [9.17, 15) is 23.6 Å². The number of hydrogen-bond donors (Lipinski definition) is 2. The number of aromatic nitrogens is 1. The highest BCUT2D eigenvalue weighted by molar-refractivity contribution is 6.39. The maximum absolute atomic E-state index is 13.6. The molecule has 1 aromatic heterocycles. The van der Waals surface area contributed by atoms with E-state index in [1.54, 1.807) is 18.3 Å². The molecule has 0 unspecified atom stereocenters. The van der Waals surface area contributed by atoms with Crippen LogP contribution in [0, 0.1) is 28.9 Å². The van der Waals surface area contributed by atoms with Crippen LogP contribution in [0.2, 0.25) is 0 Å². The third kappa shape index (κ3) is 5.04. The molecule has 0 saturated carbocycles. The Labute approximate surface area is 166 Å². The van der Waals surface area contributed by atoms with Crippen LogP contribution in [0.5, 0.6) is 0 Å². The molecule has 1 aromatic carbocycles. The van der Waals surface area contributed by atoms with E-state index < -0.39 is 23.4 Å². The van der Waals surface area contributed by atoms with Crippen molar-refractivity contribution in [1.82, 2.24) is 10.3 Å². The summed E-state index contributed by atoms with van der Waals surface area (Å²) in [5, 5.41) is 13.8. The van der Waals surface area contributed by atoms with Crippen LogP contribution in [0.3, 0.4) is 0 Å². The minimum Gasteiger partial charge on any atom is -0.356 e. The lowest BCUT2D eigenvalue weighted by Gasteiger charge is -2.33. The molecule has 7 nitrogen and oxygen atoms in total. The summed E-state index contributed by atoms with van der Waals surface area (Å²) >= 11 is 0. The summed E-state index contributed by atoms with van der Waals surface area (Å²) in [7, 11) is 0. The molecule has 0 bridgehead atoms. The van der Waals surface area contributed by atoms with Gasteiger partial charge in [0.2, 0.25) is 0 Å². The van der Waals surface area contributed by atoms with Crippen molar-refractivity contribution in [2.24, 2.45) is 5.92 Å². The fourth-order valence-electron chi connectivity index (χ4n) is 3.17. The molecule has 3 rings (SSSR count). The SMILES string of the molecule is N#Cc1cccnc1N1CCC(CNC(=O)C(=O)Nc2cc(F)ccc2F)CC1. The van der Waals surface area contributed by atoms with Crippen molar-refractivity contribution in [1.29, 1.82) is 5.26 Å². The largest absolute Gasteiger partial charge is 0.356 e. The molecule has 0 spiro atoms. The number of amides is 2. The first-order valence-corrected chi connectivity index (χ1v) is 9.12. The van der Waals surface area contributed by atoms with Crippen molar-refractivity contribution < 1.29 is 18.4 Å². The number of nitrogens with one attached hydrogen (secondary N) is 2. The van der Waals surface area contributed by atoms with Gasteiger partial charge in [-0.25, -0.2) is 13.8 Å². The number of benzene rings is 1. The molecule has 1 fully saturated rings. The fraction of sp³-hybridized carbons (Fsp3) is 0.300. The van der Waals surface area contributed by atoms with Crippen molar-refractivity contribution in [2.45, 2.75) is 12.8 Å². The Kier molecular flexibility index (Phi) is 6.34. The van der Waals surface area contributed by atoms with Gasteiger partial charge in [-0.15, -0.1) is 0 Å². The number of rotatable bonds is 4. The van der Waals surface area contributed by atoms with E-state index in [1.807, 2.05) is 4.90 Å². The van der Waals surface area contributed by atoms with Crippen molar-refractivity contribution in [3.8, 4) is 6.07 Å². The van der Waals surface area contributed by atoms with Gasteiger partial charge in [-0.2, -0.15) is 5.26 Å². The molecule has 2 amide bonds. The molecular weight excluding hydrogens is 380 g/mol. The normalized spacial score (nSPS) is 14.2. The number of anilines is 2. The number of carbonyl (C=O) groups excluding carboxylic acids is 2.